The van der Waals surface area contributed by atoms with E-state index >= 15 is 0 Å². The van der Waals surface area contributed by atoms with Gasteiger partial charge in [-0.15, -0.1) is 11.3 Å². The molecule has 1 amide bonds. The Morgan fingerprint density at radius 3 is 2.20 bits per heavy atom. The van der Waals surface area contributed by atoms with Crippen LogP contribution in [0, 0.1) is 6.92 Å². The third-order valence-corrected chi connectivity index (χ3v) is 4.63. The number of rotatable bonds is 5. The second-order valence-electron chi connectivity index (χ2n) is 5.43. The quantitative estimate of drug-likeness (QED) is 0.738. The van der Waals surface area contributed by atoms with Gasteiger partial charge in [-0.05, 0) is 19.1 Å². The van der Waals surface area contributed by atoms with Crippen LogP contribution in [0.1, 0.15) is 16.1 Å². The van der Waals surface area contributed by atoms with Crippen molar-refractivity contribution in [1.82, 2.24) is 4.98 Å². The van der Waals surface area contributed by atoms with E-state index in [-0.39, 0.29) is 5.91 Å². The first-order valence-corrected chi connectivity index (χ1v) is 8.54. The summed E-state index contributed by atoms with van der Waals surface area (Å²) < 4.78 is 10.4. The predicted molar refractivity (Wildman–Crippen MR) is 99.8 cm³/mol. The number of carbonyl (C=O) groups is 1. The highest BCUT2D eigenvalue weighted by molar-refractivity contribution is 7.13. The van der Waals surface area contributed by atoms with E-state index in [1.807, 2.05) is 24.4 Å². The van der Waals surface area contributed by atoms with Gasteiger partial charge in [0.15, 0.2) is 0 Å². The Morgan fingerprint density at radius 1 is 1.04 bits per heavy atom. The van der Waals surface area contributed by atoms with Crippen LogP contribution in [0.3, 0.4) is 0 Å². The maximum absolute atomic E-state index is 12.5. The lowest BCUT2D eigenvalue weighted by atomic mass is 10.1. The standard InChI is InChI=1S/C19H18N2O3S/c1-12-11-25-19(20-12)14-6-4-13(5-7-14)18(22)21-15-8-16(23-2)10-17(9-15)24-3/h4-11H,1-3H3,(H,21,22). The first-order chi connectivity index (χ1) is 12.1. The smallest absolute Gasteiger partial charge is 0.255 e. The molecule has 0 spiro atoms. The summed E-state index contributed by atoms with van der Waals surface area (Å²) in [7, 11) is 3.14. The van der Waals surface area contributed by atoms with Crippen LogP contribution >= 0.6 is 11.3 Å². The second-order valence-corrected chi connectivity index (χ2v) is 6.28. The van der Waals surface area contributed by atoms with Gasteiger partial charge in [-0.1, -0.05) is 12.1 Å². The average Bonchev–Trinajstić information content (AvgIpc) is 3.07. The molecule has 5 nitrogen and oxygen atoms in total. The van der Waals surface area contributed by atoms with Crippen LogP contribution in [0.25, 0.3) is 10.6 Å². The fourth-order valence-corrected chi connectivity index (χ4v) is 3.14. The summed E-state index contributed by atoms with van der Waals surface area (Å²) in [5.74, 6) is 1.03. The lowest BCUT2D eigenvalue weighted by molar-refractivity contribution is 0.102. The Morgan fingerprint density at radius 2 is 1.68 bits per heavy atom. The van der Waals surface area contributed by atoms with Crippen molar-refractivity contribution in [3.8, 4) is 22.1 Å². The van der Waals surface area contributed by atoms with Crippen molar-refractivity contribution >= 4 is 22.9 Å². The van der Waals surface area contributed by atoms with E-state index < -0.39 is 0 Å². The molecule has 1 aromatic heterocycles. The van der Waals surface area contributed by atoms with E-state index in [1.54, 1.807) is 55.9 Å². The first kappa shape index (κ1) is 17.0. The first-order valence-electron chi connectivity index (χ1n) is 7.66. The summed E-state index contributed by atoms with van der Waals surface area (Å²) in [4.78, 5) is 16.9. The summed E-state index contributed by atoms with van der Waals surface area (Å²) in [5, 5.41) is 5.81. The van der Waals surface area contributed by atoms with Gasteiger partial charge in [0.05, 0.1) is 14.2 Å². The number of thiazole rings is 1. The summed E-state index contributed by atoms with van der Waals surface area (Å²) in [6, 6.07) is 12.6. The molecular formula is C19H18N2O3S. The molecule has 0 aliphatic heterocycles. The molecule has 0 saturated heterocycles. The van der Waals surface area contributed by atoms with Crippen LogP contribution in [-0.2, 0) is 0 Å². The van der Waals surface area contributed by atoms with Gasteiger partial charge in [0, 0.05) is 46.1 Å². The molecule has 6 heteroatoms. The number of aromatic nitrogens is 1. The van der Waals surface area contributed by atoms with Crippen molar-refractivity contribution < 1.29 is 14.3 Å². The third-order valence-electron chi connectivity index (χ3n) is 3.62. The molecule has 0 radical (unpaired) electrons. The summed E-state index contributed by atoms with van der Waals surface area (Å²) in [5.41, 5.74) is 3.17. The summed E-state index contributed by atoms with van der Waals surface area (Å²) >= 11 is 1.59. The van der Waals surface area contributed by atoms with Crippen LogP contribution < -0.4 is 14.8 Å². The van der Waals surface area contributed by atoms with Crippen LogP contribution in [0.4, 0.5) is 5.69 Å². The maximum Gasteiger partial charge on any atom is 0.255 e. The largest absolute Gasteiger partial charge is 0.497 e. The molecule has 3 rings (SSSR count). The molecule has 0 unspecified atom stereocenters. The van der Waals surface area contributed by atoms with Crippen LogP contribution in [0.15, 0.2) is 47.8 Å². The van der Waals surface area contributed by atoms with Crippen molar-refractivity contribution in [2.75, 3.05) is 19.5 Å². The maximum atomic E-state index is 12.5. The molecule has 0 aliphatic carbocycles. The van der Waals surface area contributed by atoms with Crippen molar-refractivity contribution in [2.24, 2.45) is 0 Å². The topological polar surface area (TPSA) is 60.5 Å². The number of methoxy groups -OCH3 is 2. The lowest BCUT2D eigenvalue weighted by Gasteiger charge is -2.10. The van der Waals surface area contributed by atoms with Crippen LogP contribution in [0.5, 0.6) is 11.5 Å². The zero-order chi connectivity index (χ0) is 17.8. The molecular weight excluding hydrogens is 336 g/mol. The van der Waals surface area contributed by atoms with Crippen LogP contribution in [0.2, 0.25) is 0 Å². The van der Waals surface area contributed by atoms with Crippen LogP contribution in [-0.4, -0.2) is 25.1 Å². The highest BCUT2D eigenvalue weighted by Crippen LogP contribution is 2.27. The molecule has 0 aliphatic rings. The van der Waals surface area contributed by atoms with E-state index in [0.29, 0.717) is 22.7 Å². The van der Waals surface area contributed by atoms with E-state index in [2.05, 4.69) is 10.3 Å². The molecule has 0 fully saturated rings. The molecule has 0 bridgehead atoms. The Labute approximate surface area is 150 Å². The van der Waals surface area contributed by atoms with Gasteiger partial charge < -0.3 is 14.8 Å². The average molecular weight is 354 g/mol. The molecule has 1 N–H and O–H groups in total. The monoisotopic (exact) mass is 354 g/mol. The highest BCUT2D eigenvalue weighted by atomic mass is 32.1. The molecule has 128 valence electrons. The minimum Gasteiger partial charge on any atom is -0.497 e. The SMILES string of the molecule is COc1cc(NC(=O)c2ccc(-c3nc(C)cs3)cc2)cc(OC)c1. The molecule has 1 heterocycles. The number of aryl methyl sites for hydroxylation is 1. The van der Waals surface area contributed by atoms with Gasteiger partial charge in [-0.2, -0.15) is 0 Å². The number of hydrogen-bond donors (Lipinski definition) is 1. The Bertz CT molecular complexity index is 866. The molecule has 2 aromatic carbocycles. The number of nitrogens with zero attached hydrogens (tertiary/aromatic N) is 1. The van der Waals surface area contributed by atoms with Gasteiger partial charge >= 0.3 is 0 Å². The van der Waals surface area contributed by atoms with E-state index in [1.165, 1.54) is 0 Å². The Hall–Kier alpha value is -2.86. The van der Waals surface area contributed by atoms with Gasteiger partial charge in [-0.3, -0.25) is 4.79 Å². The minimum absolute atomic E-state index is 0.197. The molecule has 0 atom stereocenters. The molecule has 25 heavy (non-hydrogen) atoms. The summed E-state index contributed by atoms with van der Waals surface area (Å²) in [6.07, 6.45) is 0. The zero-order valence-corrected chi connectivity index (χ0v) is 15.0. The van der Waals surface area contributed by atoms with Crippen molar-refractivity contribution in [2.45, 2.75) is 6.92 Å². The Kier molecular flexibility index (Phi) is 5.00. The van der Waals surface area contributed by atoms with Crippen molar-refractivity contribution in [3.05, 3.63) is 59.1 Å². The number of ether oxygens (including phenoxy) is 2. The number of anilines is 1. The Balaban J connectivity index is 1.77. The zero-order valence-electron chi connectivity index (χ0n) is 14.2. The number of carbonyl (C=O) groups excluding carboxylic acids is 1. The number of benzene rings is 2. The highest BCUT2D eigenvalue weighted by Gasteiger charge is 2.10. The third kappa shape index (κ3) is 3.97. The predicted octanol–water partition coefficient (Wildman–Crippen LogP) is 4.39. The normalized spacial score (nSPS) is 10.4. The molecule has 0 saturated carbocycles. The number of amides is 1. The van der Waals surface area contributed by atoms with Crippen molar-refractivity contribution in [1.29, 1.82) is 0 Å². The fourth-order valence-electron chi connectivity index (χ4n) is 2.33. The van der Waals surface area contributed by atoms with Gasteiger partial charge in [0.1, 0.15) is 16.5 Å². The number of hydrogen-bond acceptors (Lipinski definition) is 5. The summed E-state index contributed by atoms with van der Waals surface area (Å²) in [6.45, 7) is 1.96. The van der Waals surface area contributed by atoms with Gasteiger partial charge in [0.25, 0.3) is 5.91 Å². The van der Waals surface area contributed by atoms with E-state index in [9.17, 15) is 4.79 Å². The lowest BCUT2D eigenvalue weighted by Crippen LogP contribution is -2.11. The minimum atomic E-state index is -0.197. The van der Waals surface area contributed by atoms with E-state index in [4.69, 9.17) is 9.47 Å². The second kappa shape index (κ2) is 7.36. The van der Waals surface area contributed by atoms with E-state index in [0.717, 1.165) is 16.3 Å². The fraction of sp³-hybridized carbons (Fsp3) is 0.158. The van der Waals surface area contributed by atoms with Gasteiger partial charge in [-0.25, -0.2) is 4.98 Å². The number of nitrogens with one attached hydrogen (secondary N) is 1. The van der Waals surface area contributed by atoms with Gasteiger partial charge in [0.2, 0.25) is 0 Å². The molecule has 3 aromatic rings. The van der Waals surface area contributed by atoms with Crippen molar-refractivity contribution in [3.63, 3.8) is 0 Å².